The largest absolute Gasteiger partial charge is 0.398 e. The topological polar surface area (TPSA) is 80.0 Å². The van der Waals surface area contributed by atoms with Gasteiger partial charge in [-0.1, -0.05) is 0 Å². The fourth-order valence-electron chi connectivity index (χ4n) is 2.05. The molecule has 2 aromatic rings. The van der Waals surface area contributed by atoms with Gasteiger partial charge in [-0.25, -0.2) is 0 Å². The van der Waals surface area contributed by atoms with Gasteiger partial charge in [-0.2, -0.15) is 0 Å². The molecule has 0 saturated carbocycles. The first-order valence-electron chi connectivity index (χ1n) is 6.68. The zero-order chi connectivity index (χ0) is 14.7. The molecule has 2 rings (SSSR count). The minimum Gasteiger partial charge on any atom is -0.398 e. The number of carbonyl (C=O) groups is 1. The molecule has 5 nitrogen and oxygen atoms in total. The predicted octanol–water partition coefficient (Wildman–Crippen LogP) is 2.14. The maximum atomic E-state index is 11.9. The third kappa shape index (κ3) is 2.99. The van der Waals surface area contributed by atoms with Crippen LogP contribution in [0.25, 0.3) is 10.8 Å². The van der Waals surface area contributed by atoms with Gasteiger partial charge in [-0.3, -0.25) is 9.78 Å². The lowest BCUT2D eigenvalue weighted by Gasteiger charge is -2.18. The monoisotopic (exact) mass is 272 g/mol. The Morgan fingerprint density at radius 2 is 1.95 bits per heavy atom. The third-order valence-corrected chi connectivity index (χ3v) is 3.05. The van der Waals surface area contributed by atoms with Crippen LogP contribution in [0.15, 0.2) is 30.6 Å². The van der Waals surface area contributed by atoms with E-state index in [4.69, 9.17) is 5.73 Å². The summed E-state index contributed by atoms with van der Waals surface area (Å²) in [6.45, 7) is 5.70. The minimum absolute atomic E-state index is 0.0335. The molecule has 1 atom stereocenters. The van der Waals surface area contributed by atoms with E-state index in [9.17, 15) is 4.79 Å². The first-order valence-corrected chi connectivity index (χ1v) is 6.68. The summed E-state index contributed by atoms with van der Waals surface area (Å²) in [6, 6.07) is 5.37. The molecule has 0 saturated heterocycles. The maximum absolute atomic E-state index is 11.9. The number of hydrogen-bond acceptors (Lipinski definition) is 4. The Labute approximate surface area is 118 Å². The Bertz CT molecular complexity index is 624. The molecular weight excluding hydrogens is 252 g/mol. The van der Waals surface area contributed by atoms with Gasteiger partial charge in [-0.15, -0.1) is 0 Å². The molecule has 1 heterocycles. The van der Waals surface area contributed by atoms with E-state index in [1.165, 1.54) is 0 Å². The van der Waals surface area contributed by atoms with Crippen molar-refractivity contribution in [3.05, 3.63) is 30.6 Å². The van der Waals surface area contributed by atoms with Crippen molar-refractivity contribution in [2.75, 3.05) is 11.1 Å². The van der Waals surface area contributed by atoms with Crippen LogP contribution in [0.5, 0.6) is 0 Å². The summed E-state index contributed by atoms with van der Waals surface area (Å²) in [7, 11) is 0. The van der Waals surface area contributed by atoms with Gasteiger partial charge in [-0.05, 0) is 39.0 Å². The minimum atomic E-state index is -0.329. The third-order valence-electron chi connectivity index (χ3n) is 3.05. The zero-order valence-corrected chi connectivity index (χ0v) is 12.0. The standard InChI is InChI=1S/C15H20N4O/c1-9(2)18-15(20)10(3)19-14-5-4-13(16)11-6-7-17-8-12(11)14/h4-10,19H,16H2,1-3H3,(H,18,20). The summed E-state index contributed by atoms with van der Waals surface area (Å²) in [5, 5.41) is 7.94. The number of fused-ring (bicyclic) bond motifs is 1. The second-order valence-electron chi connectivity index (χ2n) is 5.15. The van der Waals surface area contributed by atoms with Crippen molar-refractivity contribution in [3.8, 4) is 0 Å². The van der Waals surface area contributed by atoms with Crippen molar-refractivity contribution in [1.82, 2.24) is 10.3 Å². The number of carbonyl (C=O) groups excluding carboxylic acids is 1. The highest BCUT2D eigenvalue weighted by Crippen LogP contribution is 2.27. The number of anilines is 2. The van der Waals surface area contributed by atoms with E-state index in [1.54, 1.807) is 12.4 Å². The molecule has 0 fully saturated rings. The van der Waals surface area contributed by atoms with Gasteiger partial charge in [0.05, 0.1) is 0 Å². The van der Waals surface area contributed by atoms with E-state index in [0.717, 1.165) is 16.5 Å². The lowest BCUT2D eigenvalue weighted by atomic mass is 10.1. The molecule has 4 N–H and O–H groups in total. The molecule has 0 spiro atoms. The van der Waals surface area contributed by atoms with Crippen LogP contribution >= 0.6 is 0 Å². The Balaban J connectivity index is 2.26. The Hall–Kier alpha value is -2.30. The molecule has 1 aromatic heterocycles. The van der Waals surface area contributed by atoms with Crippen molar-refractivity contribution in [1.29, 1.82) is 0 Å². The second-order valence-corrected chi connectivity index (χ2v) is 5.15. The Kier molecular flexibility index (Phi) is 4.08. The number of amides is 1. The van der Waals surface area contributed by atoms with E-state index < -0.39 is 0 Å². The van der Waals surface area contributed by atoms with E-state index in [1.807, 2.05) is 39.0 Å². The van der Waals surface area contributed by atoms with Crippen LogP contribution in [0.4, 0.5) is 11.4 Å². The second kappa shape index (κ2) is 5.77. The Morgan fingerprint density at radius 1 is 1.20 bits per heavy atom. The lowest BCUT2D eigenvalue weighted by Crippen LogP contribution is -2.41. The maximum Gasteiger partial charge on any atom is 0.242 e. The van der Waals surface area contributed by atoms with E-state index in [2.05, 4.69) is 15.6 Å². The number of pyridine rings is 1. The van der Waals surface area contributed by atoms with Crippen LogP contribution in [-0.4, -0.2) is 23.0 Å². The quantitative estimate of drug-likeness (QED) is 0.745. The SMILES string of the molecule is CC(C)NC(=O)C(C)Nc1ccc(N)c2ccncc12. The van der Waals surface area contributed by atoms with E-state index in [0.29, 0.717) is 5.69 Å². The Morgan fingerprint density at radius 3 is 2.65 bits per heavy atom. The highest BCUT2D eigenvalue weighted by atomic mass is 16.2. The highest BCUT2D eigenvalue weighted by molar-refractivity contribution is 6.01. The van der Waals surface area contributed by atoms with Crippen LogP contribution in [0, 0.1) is 0 Å². The van der Waals surface area contributed by atoms with Crippen LogP contribution in [0.3, 0.4) is 0 Å². The van der Waals surface area contributed by atoms with Crippen LogP contribution in [0.2, 0.25) is 0 Å². The molecule has 1 unspecified atom stereocenters. The van der Waals surface area contributed by atoms with Crippen LogP contribution in [0.1, 0.15) is 20.8 Å². The number of benzene rings is 1. The zero-order valence-electron chi connectivity index (χ0n) is 12.0. The summed E-state index contributed by atoms with van der Waals surface area (Å²) in [6.07, 6.45) is 3.46. The summed E-state index contributed by atoms with van der Waals surface area (Å²) < 4.78 is 0. The summed E-state index contributed by atoms with van der Waals surface area (Å²) >= 11 is 0. The van der Waals surface area contributed by atoms with Gasteiger partial charge in [0, 0.05) is 40.6 Å². The first kappa shape index (κ1) is 14.1. The van der Waals surface area contributed by atoms with Gasteiger partial charge < -0.3 is 16.4 Å². The molecule has 0 aliphatic rings. The number of nitrogens with zero attached hydrogens (tertiary/aromatic N) is 1. The fourth-order valence-corrected chi connectivity index (χ4v) is 2.05. The molecule has 1 amide bonds. The van der Waals surface area contributed by atoms with Gasteiger partial charge in [0.15, 0.2) is 0 Å². The summed E-state index contributed by atoms with van der Waals surface area (Å²) in [4.78, 5) is 16.1. The van der Waals surface area contributed by atoms with Crippen LogP contribution in [-0.2, 0) is 4.79 Å². The fraction of sp³-hybridized carbons (Fsp3) is 0.333. The lowest BCUT2D eigenvalue weighted by molar-refractivity contribution is -0.122. The number of hydrogen-bond donors (Lipinski definition) is 3. The van der Waals surface area contributed by atoms with Gasteiger partial charge in [0.1, 0.15) is 6.04 Å². The number of rotatable bonds is 4. The molecule has 5 heteroatoms. The van der Waals surface area contributed by atoms with Crippen molar-refractivity contribution in [3.63, 3.8) is 0 Å². The molecule has 0 radical (unpaired) electrons. The molecular formula is C15H20N4O. The molecule has 0 aliphatic heterocycles. The molecule has 0 bridgehead atoms. The molecule has 0 aliphatic carbocycles. The van der Waals surface area contributed by atoms with Crippen molar-refractivity contribution in [2.24, 2.45) is 0 Å². The van der Waals surface area contributed by atoms with Crippen molar-refractivity contribution >= 4 is 28.1 Å². The molecule has 106 valence electrons. The number of nitrogens with one attached hydrogen (secondary N) is 2. The van der Waals surface area contributed by atoms with Crippen LogP contribution < -0.4 is 16.4 Å². The number of nitrogen functional groups attached to an aromatic ring is 1. The molecule has 1 aromatic carbocycles. The van der Waals surface area contributed by atoms with E-state index >= 15 is 0 Å². The predicted molar refractivity (Wildman–Crippen MR) is 82.5 cm³/mol. The highest BCUT2D eigenvalue weighted by Gasteiger charge is 2.14. The average Bonchev–Trinajstić information content (AvgIpc) is 2.41. The smallest absolute Gasteiger partial charge is 0.242 e. The number of aromatic nitrogens is 1. The molecule has 20 heavy (non-hydrogen) atoms. The summed E-state index contributed by atoms with van der Waals surface area (Å²) in [5.74, 6) is -0.0335. The van der Waals surface area contributed by atoms with E-state index in [-0.39, 0.29) is 18.0 Å². The van der Waals surface area contributed by atoms with Gasteiger partial charge in [0.2, 0.25) is 5.91 Å². The number of nitrogens with two attached hydrogens (primary N) is 1. The van der Waals surface area contributed by atoms with Gasteiger partial charge >= 0.3 is 0 Å². The first-order chi connectivity index (χ1) is 9.49. The average molecular weight is 272 g/mol. The van der Waals surface area contributed by atoms with Crippen molar-refractivity contribution < 1.29 is 4.79 Å². The van der Waals surface area contributed by atoms with Crippen molar-refractivity contribution in [2.45, 2.75) is 32.9 Å². The summed E-state index contributed by atoms with van der Waals surface area (Å²) in [5.41, 5.74) is 7.50. The van der Waals surface area contributed by atoms with Gasteiger partial charge in [0.25, 0.3) is 0 Å². The normalized spacial score (nSPS) is 12.4.